The Bertz CT molecular complexity index is 384. The van der Waals surface area contributed by atoms with E-state index in [4.69, 9.17) is 0 Å². The Labute approximate surface area is 117 Å². The molecule has 0 aliphatic heterocycles. The molecule has 1 nitrogen and oxygen atoms in total. The smallest absolute Gasteiger partial charge is 0.0182 e. The Morgan fingerprint density at radius 2 is 1.58 bits per heavy atom. The number of rotatable bonds is 5. The van der Waals surface area contributed by atoms with Crippen LogP contribution in [0.25, 0.3) is 0 Å². The zero-order chi connectivity index (χ0) is 13.2. The van der Waals surface area contributed by atoms with Gasteiger partial charge in [0.2, 0.25) is 0 Å². The molecule has 0 spiro atoms. The number of fused-ring (bicyclic) bond motifs is 3. The van der Waals surface area contributed by atoms with Crippen LogP contribution < -0.4 is 5.32 Å². The Morgan fingerprint density at radius 3 is 2.16 bits per heavy atom. The maximum Gasteiger partial charge on any atom is 0.0182 e. The summed E-state index contributed by atoms with van der Waals surface area (Å²) in [6.07, 6.45) is 10.9. The van der Waals surface area contributed by atoms with E-state index >= 15 is 0 Å². The average molecular weight is 257 g/mol. The molecule has 1 N–H and O–H groups in total. The fourth-order valence-electron chi connectivity index (χ4n) is 4.21. The zero-order valence-corrected chi connectivity index (χ0v) is 12.3. The van der Waals surface area contributed by atoms with Crippen molar-refractivity contribution in [1.29, 1.82) is 0 Å². The average Bonchev–Trinajstić information content (AvgIpc) is 2.50. The predicted molar refractivity (Wildman–Crippen MR) is 81.5 cm³/mol. The third-order valence-electron chi connectivity index (χ3n) is 5.66. The van der Waals surface area contributed by atoms with Crippen LogP contribution in [-0.4, -0.2) is 12.1 Å². The molecule has 4 rings (SSSR count). The standard InChI is InChI=1S/C18H27N/c1-2-3-15-19-18-12-9-17(10-13-18,11-14-18)16-7-5-4-6-8-16/h4-8,19H,2-3,9-15H2,1H3. The van der Waals surface area contributed by atoms with E-state index in [0.717, 1.165) is 0 Å². The summed E-state index contributed by atoms with van der Waals surface area (Å²) in [5, 5.41) is 3.89. The molecule has 1 aromatic rings. The highest BCUT2D eigenvalue weighted by Crippen LogP contribution is 2.53. The second kappa shape index (κ2) is 5.28. The second-order valence-corrected chi connectivity index (χ2v) is 6.71. The Balaban J connectivity index is 1.68. The molecule has 104 valence electrons. The maximum absolute atomic E-state index is 3.89. The molecule has 0 radical (unpaired) electrons. The van der Waals surface area contributed by atoms with Crippen molar-refractivity contribution in [3.05, 3.63) is 35.9 Å². The summed E-state index contributed by atoms with van der Waals surface area (Å²) in [7, 11) is 0. The van der Waals surface area contributed by atoms with E-state index in [2.05, 4.69) is 42.6 Å². The topological polar surface area (TPSA) is 12.0 Å². The van der Waals surface area contributed by atoms with Gasteiger partial charge >= 0.3 is 0 Å². The summed E-state index contributed by atoms with van der Waals surface area (Å²) in [6, 6.07) is 11.3. The Kier molecular flexibility index (Phi) is 3.66. The molecule has 0 unspecified atom stereocenters. The molecule has 0 atom stereocenters. The van der Waals surface area contributed by atoms with Gasteiger partial charge < -0.3 is 5.32 Å². The highest BCUT2D eigenvalue weighted by atomic mass is 15.0. The van der Waals surface area contributed by atoms with Crippen LogP contribution in [0.15, 0.2) is 30.3 Å². The number of unbranched alkanes of at least 4 members (excludes halogenated alkanes) is 1. The van der Waals surface area contributed by atoms with Crippen molar-refractivity contribution >= 4 is 0 Å². The number of hydrogen-bond donors (Lipinski definition) is 1. The minimum atomic E-state index is 0.492. The van der Waals surface area contributed by atoms with Crippen LogP contribution in [0.5, 0.6) is 0 Å². The van der Waals surface area contributed by atoms with Gasteiger partial charge in [-0.25, -0.2) is 0 Å². The van der Waals surface area contributed by atoms with Gasteiger partial charge in [-0.3, -0.25) is 0 Å². The van der Waals surface area contributed by atoms with E-state index < -0.39 is 0 Å². The van der Waals surface area contributed by atoms with Crippen LogP contribution >= 0.6 is 0 Å². The molecule has 2 bridgehead atoms. The first-order valence-corrected chi connectivity index (χ1v) is 8.09. The summed E-state index contributed by atoms with van der Waals surface area (Å²) in [6.45, 7) is 3.50. The first-order chi connectivity index (χ1) is 9.29. The molecule has 3 fully saturated rings. The SMILES string of the molecule is CCCCNC12CCC(c3ccccc3)(CC1)CC2. The molecular formula is C18H27N. The van der Waals surface area contributed by atoms with E-state index in [-0.39, 0.29) is 0 Å². The lowest BCUT2D eigenvalue weighted by Crippen LogP contribution is -2.56. The molecule has 1 aromatic carbocycles. The van der Waals surface area contributed by atoms with Gasteiger partial charge in [0.15, 0.2) is 0 Å². The van der Waals surface area contributed by atoms with E-state index in [1.54, 1.807) is 5.56 Å². The van der Waals surface area contributed by atoms with Gasteiger partial charge in [-0.05, 0) is 62.5 Å². The van der Waals surface area contributed by atoms with E-state index in [1.165, 1.54) is 57.9 Å². The van der Waals surface area contributed by atoms with Gasteiger partial charge in [0.25, 0.3) is 0 Å². The fourth-order valence-corrected chi connectivity index (χ4v) is 4.21. The lowest BCUT2D eigenvalue weighted by molar-refractivity contribution is 0.0772. The molecule has 1 heteroatoms. The van der Waals surface area contributed by atoms with Crippen LogP contribution in [-0.2, 0) is 5.41 Å². The summed E-state index contributed by atoms with van der Waals surface area (Å²) in [4.78, 5) is 0. The highest BCUT2D eigenvalue weighted by molar-refractivity contribution is 5.29. The van der Waals surface area contributed by atoms with Crippen LogP contribution in [0, 0.1) is 0 Å². The molecule has 3 saturated carbocycles. The van der Waals surface area contributed by atoms with Gasteiger partial charge in [-0.1, -0.05) is 43.7 Å². The minimum absolute atomic E-state index is 0.492. The van der Waals surface area contributed by atoms with Crippen LogP contribution in [0.2, 0.25) is 0 Å². The summed E-state index contributed by atoms with van der Waals surface area (Å²) in [5.74, 6) is 0. The zero-order valence-electron chi connectivity index (χ0n) is 12.3. The van der Waals surface area contributed by atoms with Crippen molar-refractivity contribution in [3.8, 4) is 0 Å². The first-order valence-electron chi connectivity index (χ1n) is 8.09. The highest BCUT2D eigenvalue weighted by Gasteiger charge is 2.48. The second-order valence-electron chi connectivity index (χ2n) is 6.71. The minimum Gasteiger partial charge on any atom is -0.311 e. The molecule has 19 heavy (non-hydrogen) atoms. The van der Waals surface area contributed by atoms with Gasteiger partial charge in [0, 0.05) is 5.54 Å². The summed E-state index contributed by atoms with van der Waals surface area (Å²) < 4.78 is 0. The van der Waals surface area contributed by atoms with Gasteiger partial charge in [0.05, 0.1) is 0 Å². The molecule has 0 aromatic heterocycles. The third kappa shape index (κ3) is 2.45. The first kappa shape index (κ1) is 13.2. The van der Waals surface area contributed by atoms with E-state index in [9.17, 15) is 0 Å². The number of hydrogen-bond acceptors (Lipinski definition) is 1. The largest absolute Gasteiger partial charge is 0.311 e. The molecule has 3 aliphatic rings. The summed E-state index contributed by atoms with van der Waals surface area (Å²) in [5.41, 5.74) is 2.60. The fraction of sp³-hybridized carbons (Fsp3) is 0.667. The quantitative estimate of drug-likeness (QED) is 0.770. The summed E-state index contributed by atoms with van der Waals surface area (Å²) >= 11 is 0. The van der Waals surface area contributed by atoms with E-state index in [1.807, 2.05) is 0 Å². The Morgan fingerprint density at radius 1 is 0.947 bits per heavy atom. The van der Waals surface area contributed by atoms with Crippen LogP contribution in [0.3, 0.4) is 0 Å². The maximum atomic E-state index is 3.89. The van der Waals surface area contributed by atoms with Crippen molar-refractivity contribution in [2.24, 2.45) is 0 Å². The molecule has 0 amide bonds. The van der Waals surface area contributed by atoms with Crippen molar-refractivity contribution in [3.63, 3.8) is 0 Å². The van der Waals surface area contributed by atoms with Gasteiger partial charge in [-0.2, -0.15) is 0 Å². The van der Waals surface area contributed by atoms with Gasteiger partial charge in [-0.15, -0.1) is 0 Å². The van der Waals surface area contributed by atoms with Crippen molar-refractivity contribution < 1.29 is 0 Å². The molecule has 3 aliphatic carbocycles. The van der Waals surface area contributed by atoms with Crippen molar-refractivity contribution in [2.75, 3.05) is 6.54 Å². The van der Waals surface area contributed by atoms with Crippen LogP contribution in [0.4, 0.5) is 0 Å². The monoisotopic (exact) mass is 257 g/mol. The molecule has 0 heterocycles. The lowest BCUT2D eigenvalue weighted by atomic mass is 9.55. The van der Waals surface area contributed by atoms with Crippen molar-refractivity contribution in [2.45, 2.75) is 69.2 Å². The van der Waals surface area contributed by atoms with Crippen molar-refractivity contribution in [1.82, 2.24) is 5.32 Å². The lowest BCUT2D eigenvalue weighted by Gasteiger charge is -2.54. The normalized spacial score (nSPS) is 33.5. The van der Waals surface area contributed by atoms with E-state index in [0.29, 0.717) is 11.0 Å². The predicted octanol–water partition coefficient (Wildman–Crippen LogP) is 4.42. The van der Waals surface area contributed by atoms with Gasteiger partial charge in [0.1, 0.15) is 0 Å². The molecule has 0 saturated heterocycles. The Hall–Kier alpha value is -0.820. The third-order valence-corrected chi connectivity index (χ3v) is 5.66. The number of nitrogens with one attached hydrogen (secondary N) is 1. The van der Waals surface area contributed by atoms with Crippen LogP contribution in [0.1, 0.15) is 63.9 Å². The number of benzene rings is 1. The molecular weight excluding hydrogens is 230 g/mol.